The lowest BCUT2D eigenvalue weighted by molar-refractivity contribution is -0.140. The number of imidazole rings is 1. The Morgan fingerprint density at radius 3 is 2.35 bits per heavy atom. The topological polar surface area (TPSA) is 73.6 Å². The van der Waals surface area contributed by atoms with Crippen LogP contribution in [0, 0.1) is 5.92 Å². The van der Waals surface area contributed by atoms with Crippen molar-refractivity contribution in [1.29, 1.82) is 0 Å². The fraction of sp³-hybridized carbons (Fsp3) is 0.529. The molecular weight excluding hydrogens is 296 g/mol. The molecule has 0 aliphatic rings. The maximum atomic E-state index is 11.7. The number of rotatable bonds is 7. The second-order valence-electron chi connectivity index (χ2n) is 5.95. The number of benzene rings is 1. The van der Waals surface area contributed by atoms with Gasteiger partial charge in [-0.05, 0) is 12.3 Å². The largest absolute Gasteiger partial charge is 0.493 e. The van der Waals surface area contributed by atoms with Crippen molar-refractivity contribution in [3.05, 3.63) is 18.0 Å². The number of aromatic nitrogens is 2. The second kappa shape index (κ2) is 6.89. The Morgan fingerprint density at radius 2 is 1.87 bits per heavy atom. The molecule has 0 amide bonds. The number of hydrogen-bond donors (Lipinski definition) is 1. The van der Waals surface area contributed by atoms with E-state index in [2.05, 4.69) is 18.8 Å². The number of nitrogens with zero attached hydrogens (tertiary/aromatic N) is 2. The number of carbonyl (C=O) groups is 1. The number of carboxylic acids is 1. The SMILES string of the molecule is CCC(C(=O)O)n1c(CC(C)C)nc2cc(OC)c(OC)cc21. The van der Waals surface area contributed by atoms with Crippen molar-refractivity contribution in [2.75, 3.05) is 14.2 Å². The molecule has 0 saturated carbocycles. The van der Waals surface area contributed by atoms with Crippen LogP contribution in [-0.2, 0) is 11.2 Å². The van der Waals surface area contributed by atoms with Crippen molar-refractivity contribution in [3.8, 4) is 11.5 Å². The molecule has 23 heavy (non-hydrogen) atoms. The van der Waals surface area contributed by atoms with E-state index in [4.69, 9.17) is 9.47 Å². The summed E-state index contributed by atoms with van der Waals surface area (Å²) in [5.41, 5.74) is 1.48. The Hall–Kier alpha value is -2.24. The van der Waals surface area contributed by atoms with Gasteiger partial charge in [-0.2, -0.15) is 0 Å². The van der Waals surface area contributed by atoms with Crippen molar-refractivity contribution >= 4 is 17.0 Å². The monoisotopic (exact) mass is 320 g/mol. The van der Waals surface area contributed by atoms with Crippen LogP contribution in [0.25, 0.3) is 11.0 Å². The Morgan fingerprint density at radius 1 is 1.26 bits per heavy atom. The van der Waals surface area contributed by atoms with Gasteiger partial charge in [0.1, 0.15) is 11.9 Å². The number of ether oxygens (including phenoxy) is 2. The van der Waals surface area contributed by atoms with Gasteiger partial charge in [-0.25, -0.2) is 9.78 Å². The van der Waals surface area contributed by atoms with Gasteiger partial charge in [0.15, 0.2) is 11.5 Å². The van der Waals surface area contributed by atoms with E-state index in [9.17, 15) is 9.90 Å². The fourth-order valence-electron chi connectivity index (χ4n) is 2.80. The van der Waals surface area contributed by atoms with E-state index in [0.29, 0.717) is 30.3 Å². The Kier molecular flexibility index (Phi) is 5.13. The van der Waals surface area contributed by atoms with Gasteiger partial charge in [0.05, 0.1) is 25.3 Å². The fourth-order valence-corrected chi connectivity index (χ4v) is 2.80. The predicted molar refractivity (Wildman–Crippen MR) is 88.3 cm³/mol. The maximum Gasteiger partial charge on any atom is 0.326 e. The number of methoxy groups -OCH3 is 2. The normalized spacial score (nSPS) is 12.6. The van der Waals surface area contributed by atoms with Crippen molar-refractivity contribution in [1.82, 2.24) is 9.55 Å². The maximum absolute atomic E-state index is 11.7. The van der Waals surface area contributed by atoms with Gasteiger partial charge in [-0.3, -0.25) is 0 Å². The number of aliphatic carboxylic acids is 1. The summed E-state index contributed by atoms with van der Waals surface area (Å²) in [4.78, 5) is 16.3. The summed E-state index contributed by atoms with van der Waals surface area (Å²) in [7, 11) is 3.13. The molecule has 1 N–H and O–H groups in total. The highest BCUT2D eigenvalue weighted by Gasteiger charge is 2.25. The second-order valence-corrected chi connectivity index (χ2v) is 5.95. The number of carboxylic acid groups (broad SMARTS) is 1. The molecule has 0 aliphatic carbocycles. The first kappa shape index (κ1) is 17.1. The molecule has 6 heteroatoms. The lowest BCUT2D eigenvalue weighted by Crippen LogP contribution is -2.21. The summed E-state index contributed by atoms with van der Waals surface area (Å²) in [6.07, 6.45) is 1.20. The van der Waals surface area contributed by atoms with Crippen LogP contribution in [0.15, 0.2) is 12.1 Å². The van der Waals surface area contributed by atoms with Crippen LogP contribution in [0.2, 0.25) is 0 Å². The van der Waals surface area contributed by atoms with Gasteiger partial charge >= 0.3 is 5.97 Å². The van der Waals surface area contributed by atoms with Crippen molar-refractivity contribution in [2.45, 2.75) is 39.7 Å². The van der Waals surface area contributed by atoms with Crippen molar-refractivity contribution < 1.29 is 19.4 Å². The van der Waals surface area contributed by atoms with Crippen molar-refractivity contribution in [3.63, 3.8) is 0 Å². The number of fused-ring (bicyclic) bond motifs is 1. The Bertz CT molecular complexity index is 706. The molecule has 1 aromatic carbocycles. The third-order valence-electron chi connectivity index (χ3n) is 3.84. The van der Waals surface area contributed by atoms with Gasteiger partial charge in [-0.1, -0.05) is 20.8 Å². The average molecular weight is 320 g/mol. The lowest BCUT2D eigenvalue weighted by atomic mass is 10.1. The first-order valence-electron chi connectivity index (χ1n) is 7.78. The van der Waals surface area contributed by atoms with Gasteiger partial charge in [0.2, 0.25) is 0 Å². The van der Waals surface area contributed by atoms with Gasteiger partial charge in [-0.15, -0.1) is 0 Å². The smallest absolute Gasteiger partial charge is 0.326 e. The molecule has 0 radical (unpaired) electrons. The van der Waals surface area contributed by atoms with Crippen LogP contribution in [0.5, 0.6) is 11.5 Å². The van der Waals surface area contributed by atoms with Gasteiger partial charge in [0.25, 0.3) is 0 Å². The van der Waals surface area contributed by atoms with E-state index < -0.39 is 12.0 Å². The minimum atomic E-state index is -0.855. The highest BCUT2D eigenvalue weighted by atomic mass is 16.5. The quantitative estimate of drug-likeness (QED) is 0.847. The molecule has 1 aromatic heterocycles. The molecule has 0 spiro atoms. The zero-order chi connectivity index (χ0) is 17.1. The molecule has 1 unspecified atom stereocenters. The minimum absolute atomic E-state index is 0.376. The molecule has 2 aromatic rings. The molecule has 0 bridgehead atoms. The van der Waals surface area contributed by atoms with E-state index in [1.807, 2.05) is 11.5 Å². The summed E-state index contributed by atoms with van der Waals surface area (Å²) >= 11 is 0. The molecule has 1 heterocycles. The standard InChI is InChI=1S/C17H24N2O4/c1-6-12(17(20)21)19-13-9-15(23-5)14(22-4)8-11(13)18-16(19)7-10(2)3/h8-10,12H,6-7H2,1-5H3,(H,20,21). The molecular formula is C17H24N2O4. The zero-order valence-electron chi connectivity index (χ0n) is 14.3. The highest BCUT2D eigenvalue weighted by Crippen LogP contribution is 2.34. The first-order chi connectivity index (χ1) is 10.9. The minimum Gasteiger partial charge on any atom is -0.493 e. The predicted octanol–water partition coefficient (Wildman–Crippen LogP) is 3.29. The zero-order valence-corrected chi connectivity index (χ0v) is 14.3. The summed E-state index contributed by atoms with van der Waals surface area (Å²) in [6.45, 7) is 6.05. The van der Waals surface area contributed by atoms with E-state index >= 15 is 0 Å². The Labute approximate surface area is 136 Å². The van der Waals surface area contributed by atoms with Gasteiger partial charge in [0, 0.05) is 18.6 Å². The summed E-state index contributed by atoms with van der Waals surface area (Å²) in [5, 5.41) is 9.59. The van der Waals surface area contributed by atoms with Crippen LogP contribution in [0.3, 0.4) is 0 Å². The molecule has 2 rings (SSSR count). The highest BCUT2D eigenvalue weighted by molar-refractivity contribution is 5.83. The van der Waals surface area contributed by atoms with E-state index in [-0.39, 0.29) is 0 Å². The molecule has 6 nitrogen and oxygen atoms in total. The van der Waals surface area contributed by atoms with Crippen LogP contribution in [0.1, 0.15) is 39.1 Å². The molecule has 126 valence electrons. The van der Waals surface area contributed by atoms with E-state index in [0.717, 1.165) is 16.9 Å². The van der Waals surface area contributed by atoms with E-state index in [1.54, 1.807) is 26.4 Å². The van der Waals surface area contributed by atoms with Gasteiger partial charge < -0.3 is 19.1 Å². The third-order valence-corrected chi connectivity index (χ3v) is 3.84. The number of hydrogen-bond acceptors (Lipinski definition) is 4. The van der Waals surface area contributed by atoms with Crippen molar-refractivity contribution in [2.24, 2.45) is 5.92 Å². The molecule has 0 fully saturated rings. The summed E-state index contributed by atoms with van der Waals surface area (Å²) < 4.78 is 12.5. The Balaban J connectivity index is 2.74. The van der Waals surface area contributed by atoms with Crippen LogP contribution in [-0.4, -0.2) is 34.8 Å². The van der Waals surface area contributed by atoms with Crippen LogP contribution in [0.4, 0.5) is 0 Å². The third kappa shape index (κ3) is 3.25. The molecule has 1 atom stereocenters. The van der Waals surface area contributed by atoms with Crippen LogP contribution >= 0.6 is 0 Å². The first-order valence-corrected chi connectivity index (χ1v) is 7.78. The summed E-state index contributed by atoms with van der Waals surface area (Å²) in [5.74, 6) is 1.45. The summed E-state index contributed by atoms with van der Waals surface area (Å²) in [6, 6.07) is 2.95. The molecule has 0 aliphatic heterocycles. The van der Waals surface area contributed by atoms with Crippen LogP contribution < -0.4 is 9.47 Å². The molecule has 0 saturated heterocycles. The lowest BCUT2D eigenvalue weighted by Gasteiger charge is -2.17. The van der Waals surface area contributed by atoms with E-state index in [1.165, 1.54) is 0 Å². The average Bonchev–Trinajstić information content (AvgIpc) is 2.82.